The average Bonchev–Trinajstić information content (AvgIpc) is 3.42. The van der Waals surface area contributed by atoms with Gasteiger partial charge in [-0.15, -0.1) is 0 Å². The second-order valence-corrected chi connectivity index (χ2v) is 11.7. The van der Waals surface area contributed by atoms with Crippen molar-refractivity contribution < 1.29 is 28.1 Å². The number of halogens is 1. The van der Waals surface area contributed by atoms with Gasteiger partial charge in [-0.1, -0.05) is 78.1 Å². The monoisotopic (exact) mass is 664 g/mol. The maximum atomic E-state index is 14.4. The molecule has 5 aromatic rings. The van der Waals surface area contributed by atoms with Gasteiger partial charge in [-0.3, -0.25) is 9.36 Å². The summed E-state index contributed by atoms with van der Waals surface area (Å²) in [5.41, 5.74) is 3.15. The highest BCUT2D eigenvalue weighted by atomic mass is 32.1. The smallest absolute Gasteiger partial charge is 0.338 e. The van der Waals surface area contributed by atoms with Crippen LogP contribution in [-0.4, -0.2) is 30.9 Å². The van der Waals surface area contributed by atoms with Crippen molar-refractivity contribution in [1.82, 2.24) is 4.57 Å². The van der Waals surface area contributed by atoms with Crippen molar-refractivity contribution in [2.24, 2.45) is 4.99 Å². The van der Waals surface area contributed by atoms with Gasteiger partial charge < -0.3 is 18.9 Å². The van der Waals surface area contributed by atoms with Crippen molar-refractivity contribution in [2.45, 2.75) is 26.5 Å². The Labute approximate surface area is 280 Å². The second-order valence-electron chi connectivity index (χ2n) is 10.7. The van der Waals surface area contributed by atoms with Gasteiger partial charge in [-0.05, 0) is 61.4 Å². The Morgan fingerprint density at radius 1 is 0.917 bits per heavy atom. The van der Waals surface area contributed by atoms with Gasteiger partial charge in [0.05, 0.1) is 42.2 Å². The van der Waals surface area contributed by atoms with E-state index in [4.69, 9.17) is 23.9 Å². The molecule has 2 heterocycles. The fourth-order valence-corrected chi connectivity index (χ4v) is 6.50. The van der Waals surface area contributed by atoms with Crippen LogP contribution in [0.3, 0.4) is 0 Å². The number of thiazole rings is 1. The number of ether oxygens (including phenoxy) is 4. The minimum absolute atomic E-state index is 0.154. The van der Waals surface area contributed by atoms with Gasteiger partial charge in [-0.25, -0.2) is 14.2 Å². The molecule has 1 aliphatic rings. The zero-order valence-corrected chi connectivity index (χ0v) is 27.5. The third-order valence-corrected chi connectivity index (χ3v) is 8.68. The van der Waals surface area contributed by atoms with Gasteiger partial charge in [0, 0.05) is 11.1 Å². The van der Waals surface area contributed by atoms with Gasteiger partial charge in [0.15, 0.2) is 16.3 Å². The molecule has 0 unspecified atom stereocenters. The van der Waals surface area contributed by atoms with Crippen LogP contribution in [0, 0.1) is 5.82 Å². The predicted molar refractivity (Wildman–Crippen MR) is 182 cm³/mol. The number of carbonyl (C=O) groups excluding carboxylic acids is 1. The molecule has 0 N–H and O–H groups in total. The summed E-state index contributed by atoms with van der Waals surface area (Å²) in [7, 11) is 1.54. The van der Waals surface area contributed by atoms with E-state index in [9.17, 15) is 14.0 Å². The number of esters is 1. The first-order valence-electron chi connectivity index (χ1n) is 15.5. The first kappa shape index (κ1) is 32.5. The summed E-state index contributed by atoms with van der Waals surface area (Å²) in [4.78, 5) is 33.5. The minimum atomic E-state index is -0.826. The van der Waals surface area contributed by atoms with Crippen LogP contribution in [0.4, 0.5) is 4.39 Å². The predicted octanol–water partition coefficient (Wildman–Crippen LogP) is 6.06. The lowest BCUT2D eigenvalue weighted by molar-refractivity contribution is -0.138. The number of hydrogen-bond acceptors (Lipinski definition) is 8. The summed E-state index contributed by atoms with van der Waals surface area (Å²) in [6.07, 6.45) is 1.73. The summed E-state index contributed by atoms with van der Waals surface area (Å²) >= 11 is 1.21. The van der Waals surface area contributed by atoms with E-state index < -0.39 is 12.0 Å². The van der Waals surface area contributed by atoms with Crippen molar-refractivity contribution in [3.63, 3.8) is 0 Å². The molecular formula is C38H33FN2O6S. The average molecular weight is 665 g/mol. The summed E-state index contributed by atoms with van der Waals surface area (Å²) in [6.45, 7) is 4.46. The zero-order chi connectivity index (χ0) is 33.6. The van der Waals surface area contributed by atoms with E-state index in [1.807, 2.05) is 73.7 Å². The lowest BCUT2D eigenvalue weighted by Gasteiger charge is -2.26. The van der Waals surface area contributed by atoms with E-state index in [2.05, 4.69) is 0 Å². The van der Waals surface area contributed by atoms with Crippen LogP contribution >= 0.6 is 11.3 Å². The van der Waals surface area contributed by atoms with Crippen LogP contribution in [0.25, 0.3) is 11.8 Å². The SMILES string of the molecule is CCOC(=O)C1=C(c2ccccc2)N=c2s/c(=C\c3cccc(OC)c3OCc3ccc(F)cc3)c(=O)n2[C@H]1c1ccc(OCC)cc1. The van der Waals surface area contributed by atoms with Crippen LogP contribution < -0.4 is 29.1 Å². The summed E-state index contributed by atoms with van der Waals surface area (Å²) < 4.78 is 38.4. The highest BCUT2D eigenvalue weighted by Gasteiger charge is 2.35. The number of carbonyl (C=O) groups is 1. The molecule has 48 heavy (non-hydrogen) atoms. The van der Waals surface area contributed by atoms with E-state index in [1.54, 1.807) is 35.8 Å². The lowest BCUT2D eigenvalue weighted by atomic mass is 9.93. The molecule has 0 spiro atoms. The molecule has 0 amide bonds. The number of nitrogens with zero attached hydrogens (tertiary/aromatic N) is 2. The van der Waals surface area contributed by atoms with Crippen molar-refractivity contribution in [2.75, 3.05) is 20.3 Å². The van der Waals surface area contributed by atoms with Gasteiger partial charge >= 0.3 is 5.97 Å². The fourth-order valence-electron chi connectivity index (χ4n) is 5.51. The fraction of sp³-hybridized carbons (Fsp3) is 0.184. The van der Waals surface area contributed by atoms with Gasteiger partial charge in [0.1, 0.15) is 18.2 Å². The quantitative estimate of drug-likeness (QED) is 0.160. The molecule has 0 fully saturated rings. The first-order valence-corrected chi connectivity index (χ1v) is 16.3. The molecule has 0 bridgehead atoms. The maximum absolute atomic E-state index is 14.4. The highest BCUT2D eigenvalue weighted by molar-refractivity contribution is 7.07. The van der Waals surface area contributed by atoms with Gasteiger partial charge in [-0.2, -0.15) is 0 Å². The number of aromatic nitrogens is 1. The van der Waals surface area contributed by atoms with E-state index >= 15 is 0 Å². The van der Waals surface area contributed by atoms with Gasteiger partial charge in [0.25, 0.3) is 5.56 Å². The lowest BCUT2D eigenvalue weighted by Crippen LogP contribution is -2.40. The molecule has 4 aromatic carbocycles. The Bertz CT molecular complexity index is 2140. The third-order valence-electron chi connectivity index (χ3n) is 7.69. The standard InChI is InChI=1S/C38H33FN2O6S/c1-4-45-29-20-16-26(17-21-29)34-32(37(43)46-5-2)33(25-10-7-6-8-11-25)40-38-41(34)36(42)31(48-38)22-27-12-9-13-30(44-3)35(27)47-23-24-14-18-28(39)19-15-24/h6-22,34H,4-5,23H2,1-3H3/b31-22-/t34-/m0/s1. The molecule has 8 nitrogen and oxygen atoms in total. The summed E-state index contributed by atoms with van der Waals surface area (Å²) in [6, 6.07) is 27.3. The van der Waals surface area contributed by atoms with E-state index in [1.165, 1.54) is 30.6 Å². The molecule has 1 atom stereocenters. The Hall–Kier alpha value is -5.48. The van der Waals surface area contributed by atoms with Crippen molar-refractivity contribution in [3.8, 4) is 17.2 Å². The highest BCUT2D eigenvalue weighted by Crippen LogP contribution is 2.36. The Morgan fingerprint density at radius 3 is 2.35 bits per heavy atom. The molecule has 244 valence electrons. The molecule has 1 aliphatic heterocycles. The number of para-hydroxylation sites is 1. The Balaban J connectivity index is 1.54. The molecule has 1 aromatic heterocycles. The molecule has 0 saturated carbocycles. The number of hydrogen-bond donors (Lipinski definition) is 0. The van der Waals surface area contributed by atoms with Crippen LogP contribution in [0.2, 0.25) is 0 Å². The van der Waals surface area contributed by atoms with Crippen LogP contribution in [-0.2, 0) is 16.1 Å². The molecule has 6 rings (SSSR count). The van der Waals surface area contributed by atoms with E-state index in [0.29, 0.717) is 50.0 Å². The van der Waals surface area contributed by atoms with Crippen molar-refractivity contribution in [3.05, 3.63) is 150 Å². The van der Waals surface area contributed by atoms with Crippen molar-refractivity contribution in [1.29, 1.82) is 0 Å². The molecule has 10 heteroatoms. The van der Waals surface area contributed by atoms with Crippen LogP contribution in [0.1, 0.15) is 42.1 Å². The largest absolute Gasteiger partial charge is 0.494 e. The number of rotatable bonds is 11. The summed E-state index contributed by atoms with van der Waals surface area (Å²) in [5.74, 6) is 0.678. The third kappa shape index (κ3) is 6.65. The number of methoxy groups -OCH3 is 1. The maximum Gasteiger partial charge on any atom is 0.338 e. The Kier molecular flexibility index (Phi) is 9.82. The van der Waals surface area contributed by atoms with E-state index in [-0.39, 0.29) is 30.2 Å². The van der Waals surface area contributed by atoms with E-state index in [0.717, 1.165) is 11.1 Å². The normalized spacial score (nSPS) is 14.2. The van der Waals surface area contributed by atoms with Gasteiger partial charge in [0.2, 0.25) is 0 Å². The minimum Gasteiger partial charge on any atom is -0.494 e. The topological polar surface area (TPSA) is 88.4 Å². The molecule has 0 radical (unpaired) electrons. The summed E-state index contributed by atoms with van der Waals surface area (Å²) in [5, 5.41) is 0. The number of benzene rings is 4. The van der Waals surface area contributed by atoms with Crippen molar-refractivity contribution >= 4 is 29.1 Å². The number of fused-ring (bicyclic) bond motifs is 1. The Morgan fingerprint density at radius 2 is 1.67 bits per heavy atom. The first-order chi connectivity index (χ1) is 23.4. The molecular weight excluding hydrogens is 631 g/mol. The van der Waals surface area contributed by atoms with Crippen LogP contribution in [0.5, 0.6) is 17.2 Å². The molecule has 0 saturated heterocycles. The van der Waals surface area contributed by atoms with Crippen LogP contribution in [0.15, 0.2) is 112 Å². The second kappa shape index (κ2) is 14.5. The zero-order valence-electron chi connectivity index (χ0n) is 26.6. The molecule has 0 aliphatic carbocycles.